The molecule has 0 aliphatic rings. The maximum atomic E-state index is 4.03. The summed E-state index contributed by atoms with van der Waals surface area (Å²) in [5.74, 6) is 0. The third-order valence-corrected chi connectivity index (χ3v) is 2.31. The Morgan fingerprint density at radius 1 is 1.58 bits per heavy atom. The fourth-order valence-electron chi connectivity index (χ4n) is 0.907. The normalized spacial score (nSPS) is 9.83. The van der Waals surface area contributed by atoms with Gasteiger partial charge < -0.3 is 5.32 Å². The minimum absolute atomic E-state index is 1.01. The molecule has 0 saturated heterocycles. The number of halogens is 1. The molecule has 0 spiro atoms. The van der Waals surface area contributed by atoms with Crippen molar-refractivity contribution in [1.82, 2.24) is 4.98 Å². The minimum Gasteiger partial charge on any atom is -0.383 e. The summed E-state index contributed by atoms with van der Waals surface area (Å²) in [7, 11) is 0. The van der Waals surface area contributed by atoms with Crippen molar-refractivity contribution in [3.63, 3.8) is 0 Å². The maximum absolute atomic E-state index is 4.03. The molecule has 1 aromatic rings. The zero-order valence-corrected chi connectivity index (χ0v) is 8.76. The van der Waals surface area contributed by atoms with Crippen molar-refractivity contribution < 1.29 is 0 Å². The minimum atomic E-state index is 1.01. The first-order valence-corrected chi connectivity index (χ1v) is 4.97. The number of pyridine rings is 1. The van der Waals surface area contributed by atoms with E-state index in [0.717, 1.165) is 16.7 Å². The van der Waals surface area contributed by atoms with Gasteiger partial charge >= 0.3 is 0 Å². The van der Waals surface area contributed by atoms with Gasteiger partial charge in [0.15, 0.2) is 0 Å². The van der Waals surface area contributed by atoms with Crippen LogP contribution in [0.3, 0.4) is 0 Å². The van der Waals surface area contributed by atoms with Crippen LogP contribution in [0.25, 0.3) is 0 Å². The Bertz CT molecular complexity index is 238. The molecule has 1 aromatic heterocycles. The number of anilines is 1. The lowest BCUT2D eigenvalue weighted by atomic mass is 10.3. The van der Waals surface area contributed by atoms with Gasteiger partial charge in [0, 0.05) is 17.2 Å². The number of unbranched alkanes of at least 4 members (excludes halogenated alkanes) is 1. The molecule has 0 unspecified atom stereocenters. The fraction of sp³-hybridized carbons (Fsp3) is 0.444. The van der Waals surface area contributed by atoms with E-state index in [1.807, 2.05) is 12.3 Å². The molecule has 0 atom stereocenters. The van der Waals surface area contributed by atoms with Crippen LogP contribution in [0.4, 0.5) is 5.69 Å². The Labute approximate surface area is 81.5 Å². The topological polar surface area (TPSA) is 24.9 Å². The fourth-order valence-corrected chi connectivity index (χ4v) is 1.27. The van der Waals surface area contributed by atoms with Gasteiger partial charge in [-0.3, -0.25) is 4.98 Å². The highest BCUT2D eigenvalue weighted by molar-refractivity contribution is 9.10. The quantitative estimate of drug-likeness (QED) is 0.802. The molecule has 0 saturated carbocycles. The number of hydrogen-bond acceptors (Lipinski definition) is 2. The van der Waals surface area contributed by atoms with Gasteiger partial charge in [-0.05, 0) is 28.4 Å². The molecule has 0 aliphatic carbocycles. The summed E-state index contributed by atoms with van der Waals surface area (Å²) in [5, 5.41) is 3.30. The monoisotopic (exact) mass is 228 g/mol. The van der Waals surface area contributed by atoms with Crippen LogP contribution >= 0.6 is 15.9 Å². The Hall–Kier alpha value is -0.570. The van der Waals surface area contributed by atoms with Crippen LogP contribution in [0.15, 0.2) is 22.9 Å². The molecule has 0 amide bonds. The zero-order valence-electron chi connectivity index (χ0n) is 7.18. The second-order valence-electron chi connectivity index (χ2n) is 2.64. The third kappa shape index (κ3) is 2.81. The molecule has 0 radical (unpaired) electrons. The van der Waals surface area contributed by atoms with Gasteiger partial charge in [0.25, 0.3) is 0 Å². The highest BCUT2D eigenvalue weighted by Crippen LogP contribution is 2.19. The summed E-state index contributed by atoms with van der Waals surface area (Å²) < 4.78 is 1.08. The van der Waals surface area contributed by atoms with E-state index >= 15 is 0 Å². The molecular weight excluding hydrogens is 216 g/mol. The van der Waals surface area contributed by atoms with Crippen molar-refractivity contribution in [2.24, 2.45) is 0 Å². The molecule has 0 fully saturated rings. The largest absolute Gasteiger partial charge is 0.383 e. The van der Waals surface area contributed by atoms with Crippen molar-refractivity contribution in [1.29, 1.82) is 0 Å². The van der Waals surface area contributed by atoms with Gasteiger partial charge in [-0.15, -0.1) is 0 Å². The first-order chi connectivity index (χ1) is 5.84. The van der Waals surface area contributed by atoms with Crippen LogP contribution < -0.4 is 5.32 Å². The van der Waals surface area contributed by atoms with E-state index in [1.165, 1.54) is 12.8 Å². The predicted molar refractivity (Wildman–Crippen MR) is 55.3 cm³/mol. The summed E-state index contributed by atoms with van der Waals surface area (Å²) in [6.45, 7) is 3.20. The first kappa shape index (κ1) is 9.52. The smallest absolute Gasteiger partial charge is 0.0671 e. The van der Waals surface area contributed by atoms with Crippen LogP contribution in [-0.4, -0.2) is 11.5 Å². The van der Waals surface area contributed by atoms with Crippen molar-refractivity contribution in [2.45, 2.75) is 19.8 Å². The Kier molecular flexibility index (Phi) is 4.08. The van der Waals surface area contributed by atoms with E-state index in [4.69, 9.17) is 0 Å². The molecule has 0 aliphatic heterocycles. The number of aromatic nitrogens is 1. The lowest BCUT2D eigenvalue weighted by Crippen LogP contribution is -2.01. The van der Waals surface area contributed by atoms with E-state index in [1.54, 1.807) is 6.20 Å². The van der Waals surface area contributed by atoms with Crippen LogP contribution in [0, 0.1) is 0 Å². The lowest BCUT2D eigenvalue weighted by molar-refractivity contribution is 0.833. The Balaban J connectivity index is 2.46. The highest BCUT2D eigenvalue weighted by atomic mass is 79.9. The van der Waals surface area contributed by atoms with Crippen molar-refractivity contribution in [3.05, 3.63) is 22.9 Å². The molecule has 0 aromatic carbocycles. The summed E-state index contributed by atoms with van der Waals surface area (Å²) in [6.07, 6.45) is 6.01. The van der Waals surface area contributed by atoms with Gasteiger partial charge in [-0.25, -0.2) is 0 Å². The van der Waals surface area contributed by atoms with E-state index in [0.29, 0.717) is 0 Å². The lowest BCUT2D eigenvalue weighted by Gasteiger charge is -2.05. The van der Waals surface area contributed by atoms with Gasteiger partial charge in [0.2, 0.25) is 0 Å². The standard InChI is InChI=1S/C9H13BrN2/c1-2-3-5-12-9-7-11-6-4-8(9)10/h4,6-7,12H,2-3,5H2,1H3. The zero-order chi connectivity index (χ0) is 8.81. The number of nitrogens with zero attached hydrogens (tertiary/aromatic N) is 1. The molecule has 12 heavy (non-hydrogen) atoms. The van der Waals surface area contributed by atoms with Gasteiger partial charge in [0.05, 0.1) is 11.9 Å². The average Bonchev–Trinajstić information content (AvgIpc) is 2.09. The van der Waals surface area contributed by atoms with E-state index in [9.17, 15) is 0 Å². The average molecular weight is 229 g/mol. The molecule has 0 bridgehead atoms. The molecular formula is C9H13BrN2. The van der Waals surface area contributed by atoms with Crippen LogP contribution in [0.2, 0.25) is 0 Å². The first-order valence-electron chi connectivity index (χ1n) is 4.18. The number of hydrogen-bond donors (Lipinski definition) is 1. The molecule has 1 rings (SSSR count). The molecule has 3 heteroatoms. The Morgan fingerprint density at radius 3 is 3.08 bits per heavy atom. The van der Waals surface area contributed by atoms with Crippen molar-refractivity contribution >= 4 is 21.6 Å². The van der Waals surface area contributed by atoms with E-state index in [-0.39, 0.29) is 0 Å². The number of rotatable bonds is 4. The molecule has 1 heterocycles. The van der Waals surface area contributed by atoms with Crippen molar-refractivity contribution in [2.75, 3.05) is 11.9 Å². The second-order valence-corrected chi connectivity index (χ2v) is 3.49. The van der Waals surface area contributed by atoms with Crippen LogP contribution in [0.5, 0.6) is 0 Å². The summed E-state index contributed by atoms with van der Waals surface area (Å²) >= 11 is 3.45. The van der Waals surface area contributed by atoms with Gasteiger partial charge in [0.1, 0.15) is 0 Å². The number of nitrogens with one attached hydrogen (secondary N) is 1. The molecule has 2 nitrogen and oxygen atoms in total. The molecule has 66 valence electrons. The maximum Gasteiger partial charge on any atom is 0.0671 e. The van der Waals surface area contributed by atoms with Gasteiger partial charge in [-0.2, -0.15) is 0 Å². The van der Waals surface area contributed by atoms with Crippen LogP contribution in [-0.2, 0) is 0 Å². The van der Waals surface area contributed by atoms with E-state index < -0.39 is 0 Å². The summed E-state index contributed by atoms with van der Waals surface area (Å²) in [5.41, 5.74) is 1.07. The van der Waals surface area contributed by atoms with Crippen molar-refractivity contribution in [3.8, 4) is 0 Å². The van der Waals surface area contributed by atoms with E-state index in [2.05, 4.69) is 33.2 Å². The highest BCUT2D eigenvalue weighted by Gasteiger charge is 1.95. The molecule has 1 N–H and O–H groups in total. The predicted octanol–water partition coefficient (Wildman–Crippen LogP) is 3.06. The SMILES string of the molecule is CCCCNc1cnccc1Br. The van der Waals surface area contributed by atoms with Gasteiger partial charge in [-0.1, -0.05) is 13.3 Å². The third-order valence-electron chi connectivity index (χ3n) is 1.61. The second kappa shape index (κ2) is 5.14. The summed E-state index contributed by atoms with van der Waals surface area (Å²) in [4.78, 5) is 4.03. The summed E-state index contributed by atoms with van der Waals surface area (Å²) in [6, 6.07) is 1.94. The Morgan fingerprint density at radius 2 is 2.42 bits per heavy atom. The van der Waals surface area contributed by atoms with Crippen LogP contribution in [0.1, 0.15) is 19.8 Å².